The first-order chi connectivity index (χ1) is 11.7. The third-order valence-corrected chi connectivity index (χ3v) is 5.33. The van der Waals surface area contributed by atoms with Gasteiger partial charge in [-0.25, -0.2) is 0 Å². The quantitative estimate of drug-likeness (QED) is 0.578. The number of carbonyl (C=O) groups excluding carboxylic acids is 1. The topological polar surface area (TPSA) is 32.8 Å². The van der Waals surface area contributed by atoms with Crippen molar-refractivity contribution in [1.29, 1.82) is 0 Å². The van der Waals surface area contributed by atoms with Gasteiger partial charge in [-0.05, 0) is 31.6 Å². The highest BCUT2D eigenvalue weighted by molar-refractivity contribution is 8.26. The molecule has 1 fully saturated rings. The lowest BCUT2D eigenvalue weighted by Gasteiger charge is -2.15. The van der Waals surface area contributed by atoms with Crippen molar-refractivity contribution >= 4 is 39.9 Å². The molecule has 2 aliphatic heterocycles. The summed E-state index contributed by atoms with van der Waals surface area (Å²) >= 11 is 6.68. The summed E-state index contributed by atoms with van der Waals surface area (Å²) < 4.78 is 6.54. The number of hydrogen-bond donors (Lipinski definition) is 0. The predicted molar refractivity (Wildman–Crippen MR) is 103 cm³/mol. The van der Waals surface area contributed by atoms with Gasteiger partial charge in [0.25, 0.3) is 5.91 Å². The first-order valence-corrected chi connectivity index (χ1v) is 9.38. The molecule has 0 saturated carbocycles. The molecule has 2 heterocycles. The van der Waals surface area contributed by atoms with Crippen molar-refractivity contribution in [2.45, 2.75) is 26.7 Å². The van der Waals surface area contributed by atoms with Crippen LogP contribution in [-0.4, -0.2) is 28.2 Å². The number of carbonyl (C=O) groups is 1. The Bertz CT molecular complexity index is 727. The molecule has 6 heteroatoms. The van der Waals surface area contributed by atoms with E-state index in [9.17, 15) is 4.79 Å². The molecule has 0 spiro atoms. The standard InChI is InChI=1S/C18H20N2O2S2/c1-3-5-12-20-17(21)15(24-18(20)23)10-11-16-19(4-2)13-8-6-7-9-14(13)22-16/h6-11H,3-5,12H2,1-2H3/b15-10-,16-11-. The predicted octanol–water partition coefficient (Wildman–Crippen LogP) is 4.29. The fourth-order valence-electron chi connectivity index (χ4n) is 2.67. The maximum atomic E-state index is 12.5. The number of hydrogen-bond acceptors (Lipinski definition) is 5. The average molecular weight is 361 g/mol. The molecule has 1 saturated heterocycles. The molecule has 0 radical (unpaired) electrons. The van der Waals surface area contributed by atoms with Gasteiger partial charge in [0.1, 0.15) is 4.32 Å². The first kappa shape index (κ1) is 17.0. The third-order valence-electron chi connectivity index (χ3n) is 3.94. The molecule has 4 nitrogen and oxygen atoms in total. The van der Waals surface area contributed by atoms with E-state index in [4.69, 9.17) is 17.0 Å². The van der Waals surface area contributed by atoms with Gasteiger partial charge in [-0.15, -0.1) is 0 Å². The summed E-state index contributed by atoms with van der Waals surface area (Å²) in [5.74, 6) is 1.57. The highest BCUT2D eigenvalue weighted by atomic mass is 32.2. The molecule has 0 unspecified atom stereocenters. The van der Waals surface area contributed by atoms with Crippen molar-refractivity contribution < 1.29 is 9.53 Å². The van der Waals surface area contributed by atoms with Crippen molar-refractivity contribution in [3.8, 4) is 5.75 Å². The Labute approximate surface area is 152 Å². The Hall–Kier alpha value is -1.79. The fourth-order valence-corrected chi connectivity index (χ4v) is 3.92. The number of rotatable bonds is 5. The van der Waals surface area contributed by atoms with E-state index in [0.29, 0.717) is 15.8 Å². The van der Waals surface area contributed by atoms with Gasteiger partial charge in [0.2, 0.25) is 5.88 Å². The van der Waals surface area contributed by atoms with E-state index < -0.39 is 0 Å². The summed E-state index contributed by atoms with van der Waals surface area (Å²) in [7, 11) is 0. The number of amides is 1. The minimum Gasteiger partial charge on any atom is -0.439 e. The zero-order valence-corrected chi connectivity index (χ0v) is 15.5. The number of fused-ring (bicyclic) bond motifs is 1. The van der Waals surface area contributed by atoms with Crippen molar-refractivity contribution in [2.75, 3.05) is 18.0 Å². The Kier molecular flexibility index (Phi) is 5.26. The minimum atomic E-state index is -0.00569. The largest absolute Gasteiger partial charge is 0.439 e. The van der Waals surface area contributed by atoms with Crippen LogP contribution in [0.1, 0.15) is 26.7 Å². The van der Waals surface area contributed by atoms with Gasteiger partial charge in [0.15, 0.2) is 5.75 Å². The van der Waals surface area contributed by atoms with E-state index in [2.05, 4.69) is 18.7 Å². The number of thioether (sulfide) groups is 1. The van der Waals surface area contributed by atoms with Crippen molar-refractivity contribution in [3.63, 3.8) is 0 Å². The van der Waals surface area contributed by atoms with Gasteiger partial charge in [-0.2, -0.15) is 0 Å². The molecule has 0 bridgehead atoms. The van der Waals surface area contributed by atoms with Crippen LogP contribution in [0.5, 0.6) is 5.75 Å². The summed E-state index contributed by atoms with van der Waals surface area (Å²) in [5.41, 5.74) is 1.05. The number of allylic oxidation sites excluding steroid dienone is 2. The molecular weight excluding hydrogens is 340 g/mol. The lowest BCUT2D eigenvalue weighted by atomic mass is 10.3. The second-order valence-electron chi connectivity index (χ2n) is 5.53. The van der Waals surface area contributed by atoms with Crippen LogP contribution in [0, 0.1) is 0 Å². The molecule has 1 aromatic carbocycles. The monoisotopic (exact) mass is 360 g/mol. The molecule has 0 aromatic heterocycles. The van der Waals surface area contributed by atoms with Crippen LogP contribution in [0.3, 0.4) is 0 Å². The molecule has 126 valence electrons. The van der Waals surface area contributed by atoms with Crippen LogP contribution in [0.4, 0.5) is 5.69 Å². The number of ether oxygens (including phenoxy) is 1. The molecule has 0 aliphatic carbocycles. The number of thiocarbonyl (C=S) groups is 1. The zero-order chi connectivity index (χ0) is 17.1. The van der Waals surface area contributed by atoms with Gasteiger partial charge in [-0.1, -0.05) is 49.5 Å². The van der Waals surface area contributed by atoms with Crippen LogP contribution in [0.25, 0.3) is 0 Å². The van der Waals surface area contributed by atoms with E-state index >= 15 is 0 Å². The molecule has 2 aliphatic rings. The van der Waals surface area contributed by atoms with Crippen LogP contribution in [-0.2, 0) is 4.79 Å². The van der Waals surface area contributed by atoms with E-state index in [-0.39, 0.29) is 5.91 Å². The summed E-state index contributed by atoms with van der Waals surface area (Å²) in [5, 5.41) is 0. The highest BCUT2D eigenvalue weighted by Crippen LogP contribution is 2.38. The second kappa shape index (κ2) is 7.40. The zero-order valence-electron chi connectivity index (χ0n) is 13.8. The van der Waals surface area contributed by atoms with E-state index in [0.717, 1.165) is 36.7 Å². The van der Waals surface area contributed by atoms with Crippen molar-refractivity contribution in [1.82, 2.24) is 4.90 Å². The maximum absolute atomic E-state index is 12.5. The fraction of sp³-hybridized carbons (Fsp3) is 0.333. The van der Waals surface area contributed by atoms with Gasteiger partial charge >= 0.3 is 0 Å². The van der Waals surface area contributed by atoms with Crippen LogP contribution in [0.2, 0.25) is 0 Å². The number of anilines is 1. The summed E-state index contributed by atoms with van der Waals surface area (Å²) in [6.45, 7) is 5.67. The molecule has 3 rings (SSSR count). The van der Waals surface area contributed by atoms with E-state index in [1.54, 1.807) is 4.90 Å². The summed E-state index contributed by atoms with van der Waals surface area (Å²) in [6.07, 6.45) is 5.67. The normalized spacial score (nSPS) is 20.2. The molecule has 0 atom stereocenters. The summed E-state index contributed by atoms with van der Waals surface area (Å²) in [4.78, 5) is 16.9. The van der Waals surface area contributed by atoms with Gasteiger partial charge < -0.3 is 9.64 Å². The average Bonchev–Trinajstić information content (AvgIpc) is 3.08. The Morgan fingerprint density at radius 1 is 1.21 bits per heavy atom. The van der Waals surface area contributed by atoms with Gasteiger partial charge in [-0.3, -0.25) is 9.69 Å². The number of nitrogens with zero attached hydrogens (tertiary/aromatic N) is 2. The second-order valence-corrected chi connectivity index (χ2v) is 7.20. The minimum absolute atomic E-state index is 0.00569. The van der Waals surface area contributed by atoms with Crippen molar-refractivity contribution in [3.05, 3.63) is 47.2 Å². The summed E-state index contributed by atoms with van der Waals surface area (Å²) in [6, 6.07) is 7.92. The Balaban J connectivity index is 1.79. The van der Waals surface area contributed by atoms with E-state index in [1.807, 2.05) is 36.4 Å². The molecule has 1 amide bonds. The molecule has 24 heavy (non-hydrogen) atoms. The third kappa shape index (κ3) is 3.21. The highest BCUT2D eigenvalue weighted by Gasteiger charge is 2.31. The number of para-hydroxylation sites is 2. The Morgan fingerprint density at radius 3 is 2.75 bits per heavy atom. The van der Waals surface area contributed by atoms with Crippen LogP contribution in [0.15, 0.2) is 47.2 Å². The molecule has 0 N–H and O–H groups in total. The maximum Gasteiger partial charge on any atom is 0.266 e. The lowest BCUT2D eigenvalue weighted by Crippen LogP contribution is -2.28. The molecular formula is C18H20N2O2S2. The first-order valence-electron chi connectivity index (χ1n) is 8.15. The number of benzene rings is 1. The smallest absolute Gasteiger partial charge is 0.266 e. The van der Waals surface area contributed by atoms with E-state index in [1.165, 1.54) is 11.8 Å². The SMILES string of the molecule is CCCCN1C(=O)/C(=C/C=C2\Oc3ccccc3N2CC)SC1=S. The van der Waals surface area contributed by atoms with Crippen LogP contribution < -0.4 is 9.64 Å². The van der Waals surface area contributed by atoms with Gasteiger partial charge in [0, 0.05) is 19.2 Å². The molecule has 1 aromatic rings. The van der Waals surface area contributed by atoms with Crippen LogP contribution >= 0.6 is 24.0 Å². The number of unbranched alkanes of at least 4 members (excludes halogenated alkanes) is 1. The lowest BCUT2D eigenvalue weighted by molar-refractivity contribution is -0.122. The van der Waals surface area contributed by atoms with Gasteiger partial charge in [0.05, 0.1) is 10.6 Å². The van der Waals surface area contributed by atoms with Crippen molar-refractivity contribution in [2.24, 2.45) is 0 Å². The Morgan fingerprint density at radius 2 is 2.00 bits per heavy atom.